The number of carbonyl (C=O) groups is 2. The number of benzene rings is 2. The maximum Gasteiger partial charge on any atom is 0.416 e. The average molecular weight is 393 g/mol. The van der Waals surface area contributed by atoms with E-state index in [1.807, 2.05) is 32.0 Å². The minimum absolute atomic E-state index is 0.0252. The highest BCUT2D eigenvalue weighted by Crippen LogP contribution is 2.31. The number of aliphatic carboxylic acids is 1. The predicted octanol–water partition coefficient (Wildman–Crippen LogP) is 4.84. The van der Waals surface area contributed by atoms with Gasteiger partial charge in [0.05, 0.1) is 17.4 Å². The van der Waals surface area contributed by atoms with Crippen molar-refractivity contribution in [2.45, 2.75) is 33.4 Å². The van der Waals surface area contributed by atoms with Gasteiger partial charge in [-0.25, -0.2) is 0 Å². The molecule has 0 saturated carbocycles. The van der Waals surface area contributed by atoms with Crippen LogP contribution < -0.4 is 5.32 Å². The number of hydrogen-bond acceptors (Lipinski definition) is 2. The van der Waals surface area contributed by atoms with Crippen molar-refractivity contribution in [3.05, 3.63) is 64.7 Å². The summed E-state index contributed by atoms with van der Waals surface area (Å²) < 4.78 is 38.6. The Balaban J connectivity index is 2.28. The summed E-state index contributed by atoms with van der Waals surface area (Å²) in [6.07, 6.45) is -4.37. The van der Waals surface area contributed by atoms with E-state index in [1.54, 1.807) is 0 Å². The molecule has 0 spiro atoms. The summed E-state index contributed by atoms with van der Waals surface area (Å²) in [5.41, 5.74) is 1.85. The lowest BCUT2D eigenvalue weighted by molar-refractivity contribution is -0.145. The highest BCUT2D eigenvalue weighted by atomic mass is 19.4. The summed E-state index contributed by atoms with van der Waals surface area (Å²) in [6, 6.07) is 9.96. The maximum absolute atomic E-state index is 12.9. The number of carbonyl (C=O) groups excluding carboxylic acids is 1. The Morgan fingerprint density at radius 3 is 2.21 bits per heavy atom. The van der Waals surface area contributed by atoms with E-state index in [2.05, 4.69) is 5.32 Å². The van der Waals surface area contributed by atoms with Gasteiger partial charge in [-0.3, -0.25) is 9.59 Å². The van der Waals surface area contributed by atoms with Crippen molar-refractivity contribution >= 4 is 17.6 Å². The molecule has 1 amide bonds. The molecule has 28 heavy (non-hydrogen) atoms. The van der Waals surface area contributed by atoms with Crippen LogP contribution in [0.3, 0.4) is 0 Å². The first-order chi connectivity index (χ1) is 13.0. The number of carboxylic acid groups (broad SMARTS) is 1. The van der Waals surface area contributed by atoms with Gasteiger partial charge in [-0.1, -0.05) is 42.3 Å². The molecular weight excluding hydrogens is 371 g/mol. The molecule has 0 saturated heterocycles. The van der Waals surface area contributed by atoms with Gasteiger partial charge < -0.3 is 10.4 Å². The minimum atomic E-state index is -4.53. The number of carboxylic acids is 1. The van der Waals surface area contributed by atoms with Crippen LogP contribution in [0.2, 0.25) is 0 Å². The third kappa shape index (κ3) is 5.58. The second-order valence-corrected chi connectivity index (χ2v) is 7.00. The van der Waals surface area contributed by atoms with E-state index in [0.29, 0.717) is 0 Å². The van der Waals surface area contributed by atoms with Gasteiger partial charge in [0.25, 0.3) is 0 Å². The van der Waals surface area contributed by atoms with Gasteiger partial charge in [0.2, 0.25) is 5.91 Å². The summed E-state index contributed by atoms with van der Waals surface area (Å²) in [5.74, 6) is -3.72. The van der Waals surface area contributed by atoms with E-state index >= 15 is 0 Å². The van der Waals surface area contributed by atoms with Gasteiger partial charge in [0.15, 0.2) is 0 Å². The molecule has 2 N–H and O–H groups in total. The number of alkyl halides is 3. The second kappa shape index (κ2) is 8.46. The predicted molar refractivity (Wildman–Crippen MR) is 100.0 cm³/mol. The van der Waals surface area contributed by atoms with Crippen molar-refractivity contribution in [1.29, 1.82) is 0 Å². The fraction of sp³-hybridized carbons (Fsp3) is 0.333. The van der Waals surface area contributed by atoms with Gasteiger partial charge >= 0.3 is 12.1 Å². The van der Waals surface area contributed by atoms with Gasteiger partial charge in [-0.15, -0.1) is 0 Å². The first-order valence-corrected chi connectivity index (χ1v) is 8.75. The lowest BCUT2D eigenvalue weighted by atomic mass is 9.86. The molecule has 2 aromatic rings. The zero-order valence-electron chi connectivity index (χ0n) is 15.8. The molecule has 0 radical (unpaired) electrons. The van der Waals surface area contributed by atoms with Gasteiger partial charge in [-0.2, -0.15) is 13.2 Å². The monoisotopic (exact) mass is 393 g/mol. The van der Waals surface area contributed by atoms with Crippen molar-refractivity contribution < 1.29 is 27.9 Å². The number of halogens is 3. The van der Waals surface area contributed by atoms with Crippen molar-refractivity contribution in [2.24, 2.45) is 11.8 Å². The van der Waals surface area contributed by atoms with E-state index < -0.39 is 35.5 Å². The fourth-order valence-corrected chi connectivity index (χ4v) is 3.12. The summed E-state index contributed by atoms with van der Waals surface area (Å²) in [7, 11) is 0. The Morgan fingerprint density at radius 1 is 1.07 bits per heavy atom. The first kappa shape index (κ1) is 21.5. The summed E-state index contributed by atoms with van der Waals surface area (Å²) in [6.45, 7) is 5.21. The molecule has 0 heterocycles. The van der Waals surface area contributed by atoms with E-state index in [1.165, 1.54) is 19.1 Å². The molecule has 2 aromatic carbocycles. The molecule has 2 rings (SSSR count). The van der Waals surface area contributed by atoms with E-state index in [0.717, 1.165) is 28.8 Å². The molecule has 0 aliphatic heterocycles. The second-order valence-electron chi connectivity index (χ2n) is 7.00. The Kier molecular flexibility index (Phi) is 6.48. The van der Waals surface area contributed by atoms with Gasteiger partial charge in [0.1, 0.15) is 0 Å². The molecule has 2 atom stereocenters. The van der Waals surface area contributed by atoms with Crippen LogP contribution in [0, 0.1) is 25.7 Å². The molecular formula is C21H22F3NO3. The van der Waals surface area contributed by atoms with Gasteiger partial charge in [0, 0.05) is 5.69 Å². The van der Waals surface area contributed by atoms with Crippen LogP contribution in [-0.4, -0.2) is 17.0 Å². The molecule has 4 nitrogen and oxygen atoms in total. The fourth-order valence-electron chi connectivity index (χ4n) is 3.12. The summed E-state index contributed by atoms with van der Waals surface area (Å²) in [4.78, 5) is 24.2. The maximum atomic E-state index is 12.9. The topological polar surface area (TPSA) is 66.4 Å². The highest BCUT2D eigenvalue weighted by Gasteiger charge is 2.32. The van der Waals surface area contributed by atoms with Crippen molar-refractivity contribution in [1.82, 2.24) is 0 Å². The largest absolute Gasteiger partial charge is 0.481 e. The van der Waals surface area contributed by atoms with Crippen LogP contribution in [0.4, 0.5) is 18.9 Å². The summed E-state index contributed by atoms with van der Waals surface area (Å²) in [5, 5.41) is 11.8. The van der Waals surface area contributed by atoms with E-state index in [4.69, 9.17) is 0 Å². The number of rotatable bonds is 6. The Hall–Kier alpha value is -2.83. The molecule has 0 unspecified atom stereocenters. The minimum Gasteiger partial charge on any atom is -0.481 e. The number of amides is 1. The lowest BCUT2D eigenvalue weighted by Gasteiger charge is -2.21. The SMILES string of the molecule is Cc1cc(C)cc(C[C@@H](C(=O)Nc2cccc(C(F)(F)F)c2)[C@H](C)C(=O)O)c1. The zero-order chi connectivity index (χ0) is 21.1. The molecule has 0 fully saturated rings. The Morgan fingerprint density at radius 2 is 1.68 bits per heavy atom. The normalized spacial score (nSPS) is 13.6. The molecule has 0 bridgehead atoms. The first-order valence-electron chi connectivity index (χ1n) is 8.75. The van der Waals surface area contributed by atoms with Crippen LogP contribution >= 0.6 is 0 Å². The smallest absolute Gasteiger partial charge is 0.416 e. The van der Waals surface area contributed by atoms with E-state index in [9.17, 15) is 27.9 Å². The van der Waals surface area contributed by atoms with Crippen molar-refractivity contribution in [2.75, 3.05) is 5.32 Å². The molecule has 150 valence electrons. The third-order valence-corrected chi connectivity index (χ3v) is 4.52. The van der Waals surface area contributed by atoms with Crippen LogP contribution in [0.25, 0.3) is 0 Å². The van der Waals surface area contributed by atoms with Crippen LogP contribution in [0.5, 0.6) is 0 Å². The standard InChI is InChI=1S/C21H22F3NO3/c1-12-7-13(2)9-15(8-12)10-18(14(3)20(27)28)19(26)25-17-6-4-5-16(11-17)21(22,23)24/h4-9,11,14,18H,10H2,1-3H3,(H,25,26)(H,27,28)/t14-,18+/m0/s1. The van der Waals surface area contributed by atoms with Crippen LogP contribution in [0.1, 0.15) is 29.2 Å². The molecule has 7 heteroatoms. The summed E-state index contributed by atoms with van der Waals surface area (Å²) >= 11 is 0. The third-order valence-electron chi connectivity index (χ3n) is 4.52. The average Bonchev–Trinajstić information content (AvgIpc) is 2.57. The quantitative estimate of drug-likeness (QED) is 0.738. The molecule has 0 aliphatic rings. The van der Waals surface area contributed by atoms with Crippen LogP contribution in [0.15, 0.2) is 42.5 Å². The lowest BCUT2D eigenvalue weighted by Crippen LogP contribution is -2.34. The molecule has 0 aromatic heterocycles. The number of hydrogen-bond donors (Lipinski definition) is 2. The Bertz CT molecular complexity index is 857. The number of aryl methyl sites for hydroxylation is 2. The van der Waals surface area contributed by atoms with Crippen LogP contribution in [-0.2, 0) is 22.2 Å². The molecule has 0 aliphatic carbocycles. The van der Waals surface area contributed by atoms with Crippen molar-refractivity contribution in [3.8, 4) is 0 Å². The number of nitrogens with one attached hydrogen (secondary N) is 1. The van der Waals surface area contributed by atoms with Crippen molar-refractivity contribution in [3.63, 3.8) is 0 Å². The highest BCUT2D eigenvalue weighted by molar-refractivity contribution is 5.95. The van der Waals surface area contributed by atoms with Gasteiger partial charge in [-0.05, 0) is 44.0 Å². The zero-order valence-corrected chi connectivity index (χ0v) is 15.8. The number of anilines is 1. The Labute approximate surface area is 161 Å². The van der Waals surface area contributed by atoms with E-state index in [-0.39, 0.29) is 12.1 Å².